The average molecular weight is 517 g/mol. The van der Waals surface area contributed by atoms with Crippen molar-refractivity contribution in [3.8, 4) is 0 Å². The minimum Gasteiger partial charge on any atom is -0.405 e. The summed E-state index contributed by atoms with van der Waals surface area (Å²) >= 11 is 0. The number of aromatic nitrogens is 2. The lowest BCUT2D eigenvalue weighted by Crippen LogP contribution is -2.67. The van der Waals surface area contributed by atoms with Crippen LogP contribution in [0.15, 0.2) is 76.4 Å². The van der Waals surface area contributed by atoms with Crippen molar-refractivity contribution < 1.29 is 23.1 Å². The van der Waals surface area contributed by atoms with Crippen LogP contribution >= 0.6 is 0 Å². The summed E-state index contributed by atoms with van der Waals surface area (Å²) in [5, 5.41) is 12.3. The van der Waals surface area contributed by atoms with Crippen molar-refractivity contribution in [2.75, 3.05) is 6.61 Å². The molecule has 0 spiro atoms. The van der Waals surface area contributed by atoms with Crippen molar-refractivity contribution in [3.63, 3.8) is 0 Å². The third-order valence-corrected chi connectivity index (χ3v) is 11.6. The monoisotopic (exact) mass is 516 g/mol. The number of nitrogens with one attached hydrogen (secondary N) is 1. The molecule has 1 fully saturated rings. The van der Waals surface area contributed by atoms with E-state index in [1.165, 1.54) is 0 Å². The summed E-state index contributed by atoms with van der Waals surface area (Å²) in [6.45, 7) is 4.99. The van der Waals surface area contributed by atoms with Gasteiger partial charge in [0.05, 0.1) is 12.2 Å². The molecule has 0 saturated carbocycles. The van der Waals surface area contributed by atoms with E-state index in [0.29, 0.717) is 0 Å². The maximum Gasteiger partial charge on any atom is 0.330 e. The first kappa shape index (κ1) is 26.1. The smallest absolute Gasteiger partial charge is 0.330 e. The van der Waals surface area contributed by atoms with Crippen molar-refractivity contribution in [1.29, 1.82) is 0 Å². The van der Waals surface area contributed by atoms with Crippen LogP contribution in [0.1, 0.15) is 32.6 Å². The average Bonchev–Trinajstić information content (AvgIpc) is 3.13. The zero-order chi connectivity index (χ0) is 26.1. The molecule has 0 radical (unpaired) electrons. The Morgan fingerprint density at radius 2 is 1.61 bits per heavy atom. The summed E-state index contributed by atoms with van der Waals surface area (Å²) in [6, 6.07) is 19.6. The molecule has 0 bridgehead atoms. The van der Waals surface area contributed by atoms with E-state index in [2.05, 4.69) is 20.8 Å². The first-order valence-electron chi connectivity index (χ1n) is 11.7. The Bertz CT molecular complexity index is 1250. The largest absolute Gasteiger partial charge is 0.405 e. The van der Waals surface area contributed by atoms with E-state index in [-0.39, 0.29) is 17.2 Å². The molecule has 4 atom stereocenters. The van der Waals surface area contributed by atoms with Crippen molar-refractivity contribution in [1.82, 2.24) is 9.55 Å². The topological polar surface area (TPSA) is 93.5 Å². The van der Waals surface area contributed by atoms with Gasteiger partial charge in [-0.05, 0) is 15.4 Å². The number of benzene rings is 2. The molecule has 3 aromatic rings. The second kappa shape index (κ2) is 10.2. The maximum atomic E-state index is 15.2. The SMILES string of the molecule is CC(C)(C)[Si](OC[C@@H]1O[C@H](n2cc(CF)c(=O)[nH]c2=O)C(F)C1O)(c1ccccc1)c1ccccc1. The molecule has 2 unspecified atom stereocenters. The van der Waals surface area contributed by atoms with Crippen LogP contribution in [0, 0.1) is 0 Å². The third-order valence-electron chi connectivity index (χ3n) is 6.63. The van der Waals surface area contributed by atoms with Gasteiger partial charge in [0.25, 0.3) is 13.9 Å². The van der Waals surface area contributed by atoms with E-state index in [1.807, 2.05) is 65.6 Å². The van der Waals surface area contributed by atoms with Crippen LogP contribution < -0.4 is 21.6 Å². The number of rotatable bonds is 7. The van der Waals surface area contributed by atoms with Gasteiger partial charge in [0.1, 0.15) is 18.9 Å². The molecule has 2 aromatic carbocycles. The lowest BCUT2D eigenvalue weighted by Gasteiger charge is -2.43. The zero-order valence-electron chi connectivity index (χ0n) is 20.4. The van der Waals surface area contributed by atoms with Crippen LogP contribution in [0.4, 0.5) is 8.78 Å². The van der Waals surface area contributed by atoms with Gasteiger partial charge in [0.2, 0.25) is 0 Å². The molecular formula is C26H30F2N2O5Si. The predicted molar refractivity (Wildman–Crippen MR) is 135 cm³/mol. The van der Waals surface area contributed by atoms with Gasteiger partial charge in [-0.15, -0.1) is 0 Å². The van der Waals surface area contributed by atoms with Crippen LogP contribution in [0.5, 0.6) is 0 Å². The molecule has 4 rings (SSSR count). The minimum absolute atomic E-state index is 0.139. The van der Waals surface area contributed by atoms with Crippen molar-refractivity contribution in [3.05, 3.63) is 93.3 Å². The fourth-order valence-corrected chi connectivity index (χ4v) is 9.41. The second-order valence-electron chi connectivity index (χ2n) is 9.93. The number of hydrogen-bond donors (Lipinski definition) is 2. The van der Waals surface area contributed by atoms with E-state index in [0.717, 1.165) is 21.1 Å². The Kier molecular flexibility index (Phi) is 7.42. The van der Waals surface area contributed by atoms with Crippen molar-refractivity contribution in [2.45, 2.75) is 57.1 Å². The Balaban J connectivity index is 1.69. The lowest BCUT2D eigenvalue weighted by atomic mass is 10.1. The quantitative estimate of drug-likeness (QED) is 0.470. The van der Waals surface area contributed by atoms with E-state index in [1.54, 1.807) is 0 Å². The molecule has 1 aliphatic heterocycles. The molecule has 192 valence electrons. The third kappa shape index (κ3) is 4.61. The van der Waals surface area contributed by atoms with Crippen LogP contribution in [0.3, 0.4) is 0 Å². The van der Waals surface area contributed by atoms with Gasteiger partial charge >= 0.3 is 5.69 Å². The van der Waals surface area contributed by atoms with Crippen LogP contribution in [0.25, 0.3) is 0 Å². The number of nitrogens with zero attached hydrogens (tertiary/aromatic N) is 1. The number of alkyl halides is 2. The van der Waals surface area contributed by atoms with Gasteiger partial charge in [-0.2, -0.15) is 0 Å². The van der Waals surface area contributed by atoms with Crippen molar-refractivity contribution >= 4 is 18.7 Å². The summed E-state index contributed by atoms with van der Waals surface area (Å²) in [4.78, 5) is 26.0. The second-order valence-corrected chi connectivity index (χ2v) is 14.2. The first-order chi connectivity index (χ1) is 17.1. The number of aliphatic hydroxyl groups excluding tert-OH is 1. The lowest BCUT2D eigenvalue weighted by molar-refractivity contribution is -0.0463. The summed E-state index contributed by atoms with van der Waals surface area (Å²) in [7, 11) is -2.98. The highest BCUT2D eigenvalue weighted by Gasteiger charge is 2.52. The van der Waals surface area contributed by atoms with E-state index in [9.17, 15) is 19.1 Å². The standard InChI is InChI=1S/C26H30F2N2O5Si/c1-26(2,3)36(18-10-6-4-7-11-18,19-12-8-5-9-13-19)34-16-20-22(31)21(28)24(35-20)30-15-17(14-27)23(32)29-25(30)33/h4-13,15,20-22,24,31H,14,16H2,1-3H3,(H,29,32,33)/t20-,21?,22?,24-/m0/s1. The fourth-order valence-electron chi connectivity index (χ4n) is 4.85. The summed E-state index contributed by atoms with van der Waals surface area (Å²) < 4.78 is 41.6. The van der Waals surface area contributed by atoms with Crippen molar-refractivity contribution in [2.24, 2.45) is 0 Å². The molecular weight excluding hydrogens is 486 g/mol. The van der Waals surface area contributed by atoms with E-state index in [4.69, 9.17) is 9.16 Å². The van der Waals surface area contributed by atoms with Crippen LogP contribution in [-0.2, 0) is 15.8 Å². The fraction of sp³-hybridized carbons (Fsp3) is 0.385. The molecule has 2 heterocycles. The number of ether oxygens (including phenoxy) is 1. The van der Waals surface area contributed by atoms with Gasteiger partial charge in [0, 0.05) is 6.20 Å². The minimum atomic E-state index is -2.98. The molecule has 10 heteroatoms. The Morgan fingerprint density at radius 3 is 2.11 bits per heavy atom. The normalized spacial score (nSPS) is 22.6. The van der Waals surface area contributed by atoms with E-state index >= 15 is 4.39 Å². The van der Waals surface area contributed by atoms with E-state index < -0.39 is 50.8 Å². The summed E-state index contributed by atoms with van der Waals surface area (Å²) in [5.41, 5.74) is -2.18. The highest BCUT2D eigenvalue weighted by molar-refractivity contribution is 6.99. The van der Waals surface area contributed by atoms with Crippen LogP contribution in [-0.4, -0.2) is 48.0 Å². The number of aliphatic hydroxyl groups is 1. The summed E-state index contributed by atoms with van der Waals surface area (Å²) in [5.74, 6) is 0. The number of aromatic amines is 1. The maximum absolute atomic E-state index is 15.2. The molecule has 36 heavy (non-hydrogen) atoms. The van der Waals surface area contributed by atoms with Gasteiger partial charge in [-0.25, -0.2) is 13.6 Å². The molecule has 2 N–H and O–H groups in total. The molecule has 0 aliphatic carbocycles. The molecule has 1 aromatic heterocycles. The first-order valence-corrected chi connectivity index (χ1v) is 13.6. The molecule has 0 amide bonds. The Labute approximate surface area is 208 Å². The van der Waals surface area contributed by atoms with Gasteiger partial charge < -0.3 is 14.3 Å². The van der Waals surface area contributed by atoms with Gasteiger partial charge in [-0.3, -0.25) is 14.3 Å². The summed E-state index contributed by atoms with van der Waals surface area (Å²) in [6.07, 6.45) is -5.30. The predicted octanol–water partition coefficient (Wildman–Crippen LogP) is 2.18. The van der Waals surface area contributed by atoms with Gasteiger partial charge in [0.15, 0.2) is 12.4 Å². The Hall–Kier alpha value is -2.92. The zero-order valence-corrected chi connectivity index (χ0v) is 21.4. The number of hydrogen-bond acceptors (Lipinski definition) is 5. The molecule has 1 saturated heterocycles. The molecule has 1 aliphatic rings. The molecule has 7 nitrogen and oxygen atoms in total. The van der Waals surface area contributed by atoms with Crippen LogP contribution in [0.2, 0.25) is 5.04 Å². The number of halogens is 2. The Morgan fingerprint density at radius 1 is 1.06 bits per heavy atom. The van der Waals surface area contributed by atoms with Gasteiger partial charge in [-0.1, -0.05) is 81.4 Å². The highest BCUT2D eigenvalue weighted by Crippen LogP contribution is 2.38. The number of H-pyrrole nitrogens is 1. The highest BCUT2D eigenvalue weighted by atomic mass is 28.4.